The molecular formula is C24H26F3N5O3. The Balaban J connectivity index is 1.77. The molecule has 3 aromatic rings. The average Bonchev–Trinajstić information content (AvgIpc) is 2.86. The Morgan fingerprint density at radius 2 is 1.77 bits per heavy atom. The van der Waals surface area contributed by atoms with Gasteiger partial charge in [-0.1, -0.05) is 0 Å². The van der Waals surface area contributed by atoms with Gasteiger partial charge in [-0.15, -0.1) is 0 Å². The molecule has 35 heavy (non-hydrogen) atoms. The van der Waals surface area contributed by atoms with Gasteiger partial charge in [-0.05, 0) is 26.0 Å². The standard InChI is InChI=1S/C24H26F3N5O3/c1-3-34-19-13-18(32-8-10-33-11-9-32)20(35-4-2)12-17(19)29-22-14-21(24(25,26)27)30-23(31-22)16-6-5-7-28-15-16/h5-7,12-15H,3-4,8-11H2,1-2H3,(H,29,30,31). The van der Waals surface area contributed by atoms with Gasteiger partial charge in [0.2, 0.25) is 0 Å². The molecule has 1 aromatic carbocycles. The van der Waals surface area contributed by atoms with E-state index in [1.807, 2.05) is 19.9 Å². The highest BCUT2D eigenvalue weighted by Gasteiger charge is 2.34. The summed E-state index contributed by atoms with van der Waals surface area (Å²) in [4.78, 5) is 14.1. The van der Waals surface area contributed by atoms with Gasteiger partial charge in [0.05, 0.1) is 37.8 Å². The number of nitrogens with one attached hydrogen (secondary N) is 1. The average molecular weight is 489 g/mol. The fraction of sp³-hybridized carbons (Fsp3) is 0.375. The molecule has 4 rings (SSSR count). The second-order valence-corrected chi connectivity index (χ2v) is 7.61. The minimum atomic E-state index is -4.66. The Morgan fingerprint density at radius 1 is 1.03 bits per heavy atom. The predicted molar refractivity (Wildman–Crippen MR) is 125 cm³/mol. The van der Waals surface area contributed by atoms with Crippen LogP contribution in [0.3, 0.4) is 0 Å². The number of ether oxygens (including phenoxy) is 3. The molecule has 0 amide bonds. The maximum Gasteiger partial charge on any atom is 0.433 e. The van der Waals surface area contributed by atoms with Crippen LogP contribution in [0.15, 0.2) is 42.7 Å². The van der Waals surface area contributed by atoms with Gasteiger partial charge in [0.1, 0.15) is 17.3 Å². The third-order valence-corrected chi connectivity index (χ3v) is 5.21. The maximum absolute atomic E-state index is 13.6. The van der Waals surface area contributed by atoms with Crippen LogP contribution in [0, 0.1) is 0 Å². The Hall–Kier alpha value is -3.60. The van der Waals surface area contributed by atoms with E-state index in [1.165, 1.54) is 12.4 Å². The lowest BCUT2D eigenvalue weighted by Crippen LogP contribution is -2.36. The van der Waals surface area contributed by atoms with E-state index in [0.717, 1.165) is 11.8 Å². The first-order valence-electron chi connectivity index (χ1n) is 11.3. The van der Waals surface area contributed by atoms with Gasteiger partial charge < -0.3 is 24.4 Å². The highest BCUT2D eigenvalue weighted by atomic mass is 19.4. The van der Waals surface area contributed by atoms with Gasteiger partial charge in [0, 0.05) is 49.2 Å². The van der Waals surface area contributed by atoms with E-state index in [4.69, 9.17) is 14.2 Å². The molecule has 0 atom stereocenters. The lowest BCUT2D eigenvalue weighted by atomic mass is 10.2. The first-order chi connectivity index (χ1) is 16.9. The summed E-state index contributed by atoms with van der Waals surface area (Å²) in [7, 11) is 0. The molecule has 0 bridgehead atoms. The smallest absolute Gasteiger partial charge is 0.433 e. The SMILES string of the molecule is CCOc1cc(N2CCOCC2)c(OCC)cc1Nc1cc(C(F)(F)F)nc(-c2cccnc2)n1. The molecule has 1 N–H and O–H groups in total. The maximum atomic E-state index is 13.6. The van der Waals surface area contributed by atoms with Crippen molar-refractivity contribution in [3.8, 4) is 22.9 Å². The highest BCUT2D eigenvalue weighted by Crippen LogP contribution is 2.41. The summed E-state index contributed by atoms with van der Waals surface area (Å²) in [5, 5.41) is 2.99. The molecule has 1 saturated heterocycles. The van der Waals surface area contributed by atoms with Crippen LogP contribution in [0.25, 0.3) is 11.4 Å². The molecule has 0 radical (unpaired) electrons. The molecule has 8 nitrogen and oxygen atoms in total. The van der Waals surface area contributed by atoms with Gasteiger partial charge in [0.15, 0.2) is 11.5 Å². The number of benzene rings is 1. The van der Waals surface area contributed by atoms with Crippen molar-refractivity contribution in [2.45, 2.75) is 20.0 Å². The van der Waals surface area contributed by atoms with Crippen LogP contribution in [0.5, 0.6) is 11.5 Å². The Kier molecular flexibility index (Phi) is 7.54. The van der Waals surface area contributed by atoms with E-state index >= 15 is 0 Å². The van der Waals surface area contributed by atoms with Crippen molar-refractivity contribution in [3.63, 3.8) is 0 Å². The summed E-state index contributed by atoms with van der Waals surface area (Å²) in [5.74, 6) is 0.919. The number of anilines is 3. The molecule has 0 spiro atoms. The second-order valence-electron chi connectivity index (χ2n) is 7.61. The number of nitrogens with zero attached hydrogens (tertiary/aromatic N) is 4. The minimum absolute atomic E-state index is 0.0336. The fourth-order valence-electron chi connectivity index (χ4n) is 3.66. The number of alkyl halides is 3. The van der Waals surface area contributed by atoms with E-state index in [9.17, 15) is 13.2 Å². The van der Waals surface area contributed by atoms with Crippen molar-refractivity contribution in [2.24, 2.45) is 0 Å². The second kappa shape index (κ2) is 10.8. The zero-order valence-corrected chi connectivity index (χ0v) is 19.4. The highest BCUT2D eigenvalue weighted by molar-refractivity contribution is 5.75. The summed E-state index contributed by atoms with van der Waals surface area (Å²) in [6, 6.07) is 7.63. The van der Waals surface area contributed by atoms with Crippen LogP contribution in [-0.4, -0.2) is 54.5 Å². The first-order valence-corrected chi connectivity index (χ1v) is 11.3. The molecule has 186 valence electrons. The van der Waals surface area contributed by atoms with E-state index in [1.54, 1.807) is 18.2 Å². The molecule has 1 fully saturated rings. The minimum Gasteiger partial charge on any atom is -0.492 e. The molecule has 1 aliphatic heterocycles. The zero-order valence-electron chi connectivity index (χ0n) is 19.4. The van der Waals surface area contributed by atoms with Gasteiger partial charge in [-0.3, -0.25) is 4.98 Å². The van der Waals surface area contributed by atoms with Crippen molar-refractivity contribution in [3.05, 3.63) is 48.4 Å². The number of aromatic nitrogens is 3. The Morgan fingerprint density at radius 3 is 2.43 bits per heavy atom. The van der Waals surface area contributed by atoms with Crippen LogP contribution in [0.1, 0.15) is 19.5 Å². The number of morpholine rings is 1. The van der Waals surface area contributed by atoms with Crippen molar-refractivity contribution in [2.75, 3.05) is 49.7 Å². The number of pyridine rings is 1. The quantitative estimate of drug-likeness (QED) is 0.477. The summed E-state index contributed by atoms with van der Waals surface area (Å²) < 4.78 is 58.1. The number of hydrogen-bond acceptors (Lipinski definition) is 8. The molecule has 0 aliphatic carbocycles. The van der Waals surface area contributed by atoms with E-state index in [0.29, 0.717) is 62.3 Å². The molecule has 11 heteroatoms. The third-order valence-electron chi connectivity index (χ3n) is 5.21. The summed E-state index contributed by atoms with van der Waals surface area (Å²) >= 11 is 0. The lowest BCUT2D eigenvalue weighted by Gasteiger charge is -2.31. The number of hydrogen-bond donors (Lipinski definition) is 1. The number of halogens is 3. The normalized spacial score (nSPS) is 14.0. The number of rotatable bonds is 8. The van der Waals surface area contributed by atoms with E-state index in [2.05, 4.69) is 25.2 Å². The van der Waals surface area contributed by atoms with Crippen molar-refractivity contribution >= 4 is 17.2 Å². The van der Waals surface area contributed by atoms with Crippen LogP contribution in [-0.2, 0) is 10.9 Å². The third kappa shape index (κ3) is 5.91. The van der Waals surface area contributed by atoms with Gasteiger partial charge >= 0.3 is 6.18 Å². The summed E-state index contributed by atoms with van der Waals surface area (Å²) in [5.41, 5.74) is 0.557. The van der Waals surface area contributed by atoms with Gasteiger partial charge in [-0.25, -0.2) is 9.97 Å². The van der Waals surface area contributed by atoms with E-state index < -0.39 is 11.9 Å². The summed E-state index contributed by atoms with van der Waals surface area (Å²) in [6.07, 6.45) is -1.72. The van der Waals surface area contributed by atoms with Crippen molar-refractivity contribution < 1.29 is 27.4 Å². The first kappa shape index (κ1) is 24.5. The molecule has 0 unspecified atom stereocenters. The van der Waals surface area contributed by atoms with Crippen LogP contribution in [0.4, 0.5) is 30.4 Å². The van der Waals surface area contributed by atoms with Crippen LogP contribution in [0.2, 0.25) is 0 Å². The van der Waals surface area contributed by atoms with Crippen LogP contribution < -0.4 is 19.7 Å². The van der Waals surface area contributed by atoms with Crippen molar-refractivity contribution in [1.82, 2.24) is 15.0 Å². The van der Waals surface area contributed by atoms with Crippen LogP contribution >= 0.6 is 0 Å². The fourth-order valence-corrected chi connectivity index (χ4v) is 3.66. The molecule has 1 aliphatic rings. The summed E-state index contributed by atoms with van der Waals surface area (Å²) in [6.45, 7) is 7.04. The van der Waals surface area contributed by atoms with Crippen molar-refractivity contribution in [1.29, 1.82) is 0 Å². The Labute approximate surface area is 201 Å². The van der Waals surface area contributed by atoms with Gasteiger partial charge in [-0.2, -0.15) is 13.2 Å². The van der Waals surface area contributed by atoms with Gasteiger partial charge in [0.25, 0.3) is 0 Å². The monoisotopic (exact) mass is 489 g/mol. The largest absolute Gasteiger partial charge is 0.492 e. The lowest BCUT2D eigenvalue weighted by molar-refractivity contribution is -0.141. The molecule has 2 aromatic heterocycles. The zero-order chi connectivity index (χ0) is 24.8. The topological polar surface area (TPSA) is 81.6 Å². The Bertz CT molecular complexity index is 1140. The predicted octanol–water partition coefficient (Wildman–Crippen LogP) is 4.94. The molecule has 0 saturated carbocycles. The molecular weight excluding hydrogens is 463 g/mol. The molecule has 3 heterocycles. The van der Waals surface area contributed by atoms with E-state index in [-0.39, 0.29) is 11.6 Å².